The van der Waals surface area contributed by atoms with Gasteiger partial charge in [-0.15, -0.1) is 5.76 Å². The van der Waals surface area contributed by atoms with Crippen molar-refractivity contribution < 1.29 is 9.90 Å². The molecule has 2 nitrogen and oxygen atoms in total. The van der Waals surface area contributed by atoms with Gasteiger partial charge in [0.05, 0.1) is 0 Å². The van der Waals surface area contributed by atoms with Gasteiger partial charge in [-0.3, -0.25) is 4.79 Å². The maximum absolute atomic E-state index is 11.6. The number of ketones is 1. The van der Waals surface area contributed by atoms with Crippen molar-refractivity contribution in [2.24, 2.45) is 11.8 Å². The number of hydrogen-bond acceptors (Lipinski definition) is 2. The minimum absolute atomic E-state index is 0.0117. The molecule has 19 heavy (non-hydrogen) atoms. The molecule has 0 aromatic heterocycles. The summed E-state index contributed by atoms with van der Waals surface area (Å²) >= 11 is 0. The maximum Gasteiger partial charge on any atom is 0.154 e. The number of carbonyl (C=O) groups excluding carboxylic acids is 1. The van der Waals surface area contributed by atoms with Crippen molar-refractivity contribution in [2.45, 2.75) is 79.1 Å². The summed E-state index contributed by atoms with van der Waals surface area (Å²) in [6.45, 7) is 8.76. The molecule has 0 N–H and O–H groups in total. The quantitative estimate of drug-likeness (QED) is 0.319. The van der Waals surface area contributed by atoms with Gasteiger partial charge >= 0.3 is 0 Å². The van der Waals surface area contributed by atoms with Gasteiger partial charge in [0, 0.05) is 6.42 Å². The molecule has 0 fully saturated rings. The van der Waals surface area contributed by atoms with Crippen LogP contribution >= 0.6 is 0 Å². The first kappa shape index (κ1) is 18.2. The minimum Gasteiger partial charge on any atom is -0.875 e. The van der Waals surface area contributed by atoms with Crippen molar-refractivity contribution in [2.75, 3.05) is 0 Å². The third-order valence-electron chi connectivity index (χ3n) is 3.23. The van der Waals surface area contributed by atoms with Crippen molar-refractivity contribution in [1.82, 2.24) is 0 Å². The van der Waals surface area contributed by atoms with E-state index in [1.807, 2.05) is 0 Å². The van der Waals surface area contributed by atoms with Crippen molar-refractivity contribution in [3.8, 4) is 0 Å². The molecule has 112 valence electrons. The zero-order valence-corrected chi connectivity index (χ0v) is 13.2. The fourth-order valence-electron chi connectivity index (χ4n) is 2.03. The van der Waals surface area contributed by atoms with Crippen molar-refractivity contribution in [1.29, 1.82) is 0 Å². The van der Waals surface area contributed by atoms with Crippen LogP contribution in [0.15, 0.2) is 11.8 Å². The second-order valence-corrected chi connectivity index (χ2v) is 6.36. The molecule has 0 saturated carbocycles. The van der Waals surface area contributed by atoms with Gasteiger partial charge in [0.2, 0.25) is 0 Å². The van der Waals surface area contributed by atoms with Crippen LogP contribution in [-0.2, 0) is 4.79 Å². The average molecular weight is 267 g/mol. The predicted octanol–water partition coefficient (Wildman–Crippen LogP) is 4.23. The Morgan fingerprint density at radius 1 is 0.895 bits per heavy atom. The van der Waals surface area contributed by atoms with Gasteiger partial charge in [-0.05, 0) is 30.8 Å². The molecule has 0 bridgehead atoms. The summed E-state index contributed by atoms with van der Waals surface area (Å²) < 4.78 is 0. The Morgan fingerprint density at radius 2 is 1.37 bits per heavy atom. The number of rotatable bonds is 11. The topological polar surface area (TPSA) is 40.1 Å². The lowest BCUT2D eigenvalue weighted by Gasteiger charge is -2.12. The van der Waals surface area contributed by atoms with Crippen molar-refractivity contribution in [3.05, 3.63) is 11.8 Å². The van der Waals surface area contributed by atoms with Crippen LogP contribution in [0.25, 0.3) is 0 Å². The molecule has 0 aromatic carbocycles. The number of carbonyl (C=O) groups is 1. The van der Waals surface area contributed by atoms with E-state index in [4.69, 9.17) is 0 Å². The Kier molecular flexibility index (Phi) is 10.6. The minimum atomic E-state index is 0.0117. The maximum atomic E-state index is 11.6. The summed E-state index contributed by atoms with van der Waals surface area (Å²) in [5.41, 5.74) is 0. The summed E-state index contributed by atoms with van der Waals surface area (Å²) in [4.78, 5) is 11.6. The lowest BCUT2D eigenvalue weighted by atomic mass is 10.0. The molecule has 0 amide bonds. The van der Waals surface area contributed by atoms with Crippen LogP contribution in [0.5, 0.6) is 0 Å². The van der Waals surface area contributed by atoms with Gasteiger partial charge in [0.15, 0.2) is 5.78 Å². The van der Waals surface area contributed by atoms with Gasteiger partial charge < -0.3 is 5.11 Å². The Balaban J connectivity index is 3.66. The fourth-order valence-corrected chi connectivity index (χ4v) is 2.03. The number of hydrogen-bond donors (Lipinski definition) is 0. The summed E-state index contributed by atoms with van der Waals surface area (Å²) in [5.74, 6) is 1.42. The molecule has 0 rings (SSSR count). The lowest BCUT2D eigenvalue weighted by Crippen LogP contribution is -2.07. The normalized spacial score (nSPS) is 12.4. The van der Waals surface area contributed by atoms with Crippen LogP contribution in [-0.4, -0.2) is 5.78 Å². The van der Waals surface area contributed by atoms with Crippen LogP contribution in [0.4, 0.5) is 0 Å². The highest BCUT2D eigenvalue weighted by atomic mass is 16.3. The monoisotopic (exact) mass is 267 g/mol. The van der Waals surface area contributed by atoms with E-state index in [0.29, 0.717) is 24.7 Å². The SMILES string of the molecule is CC(C)CCCCC(=O)/C=C(\[O-])CCCCC(C)C. The first-order valence-electron chi connectivity index (χ1n) is 7.82. The summed E-state index contributed by atoms with van der Waals surface area (Å²) in [6, 6.07) is 0. The second-order valence-electron chi connectivity index (χ2n) is 6.36. The van der Waals surface area contributed by atoms with Crippen molar-refractivity contribution in [3.63, 3.8) is 0 Å². The first-order valence-corrected chi connectivity index (χ1v) is 7.82. The van der Waals surface area contributed by atoms with E-state index in [2.05, 4.69) is 27.7 Å². The van der Waals surface area contributed by atoms with Gasteiger partial charge in [-0.2, -0.15) is 0 Å². The molecule has 0 aliphatic heterocycles. The third-order valence-corrected chi connectivity index (χ3v) is 3.23. The molecule has 0 aliphatic carbocycles. The Bertz CT molecular complexity index is 264. The van der Waals surface area contributed by atoms with Crippen molar-refractivity contribution >= 4 is 5.78 Å². The van der Waals surface area contributed by atoms with Gasteiger partial charge in [-0.1, -0.05) is 59.8 Å². The van der Waals surface area contributed by atoms with Crippen LogP contribution in [0.1, 0.15) is 79.1 Å². The summed E-state index contributed by atoms with van der Waals surface area (Å²) in [6.07, 6.45) is 8.70. The lowest BCUT2D eigenvalue weighted by molar-refractivity contribution is -0.306. The average Bonchev–Trinajstić information content (AvgIpc) is 2.30. The molecule has 0 radical (unpaired) electrons. The van der Waals surface area contributed by atoms with Crippen LogP contribution in [0, 0.1) is 11.8 Å². The van der Waals surface area contributed by atoms with E-state index in [-0.39, 0.29) is 11.5 Å². The Hall–Kier alpha value is -0.790. The standard InChI is InChI=1S/C17H32O2/c1-14(2)9-5-7-11-16(18)13-17(19)12-8-6-10-15(3)4/h13-15,18H,5-12H2,1-4H3/p-1/b16-13-. The molecule has 0 aliphatic rings. The molecule has 2 heteroatoms. The zero-order valence-electron chi connectivity index (χ0n) is 13.2. The summed E-state index contributed by atoms with van der Waals surface area (Å²) in [7, 11) is 0. The first-order chi connectivity index (χ1) is 8.91. The smallest absolute Gasteiger partial charge is 0.154 e. The molecule has 0 saturated heterocycles. The highest BCUT2D eigenvalue weighted by Crippen LogP contribution is 2.11. The van der Waals surface area contributed by atoms with Gasteiger partial charge in [0.1, 0.15) is 0 Å². The molecule has 0 unspecified atom stereocenters. The summed E-state index contributed by atoms with van der Waals surface area (Å²) in [5, 5.41) is 11.6. The number of allylic oxidation sites excluding steroid dienone is 2. The van der Waals surface area contributed by atoms with E-state index in [9.17, 15) is 9.90 Å². The Labute approximate surface area is 119 Å². The third kappa shape index (κ3) is 13.4. The van der Waals surface area contributed by atoms with E-state index >= 15 is 0 Å². The molecule has 0 atom stereocenters. The fraction of sp³-hybridized carbons (Fsp3) is 0.824. The molecular formula is C17H31O2-. The van der Waals surface area contributed by atoms with Gasteiger partial charge in [0.25, 0.3) is 0 Å². The van der Waals surface area contributed by atoms with Gasteiger partial charge in [-0.25, -0.2) is 0 Å². The predicted molar refractivity (Wildman–Crippen MR) is 79.7 cm³/mol. The van der Waals surface area contributed by atoms with E-state index < -0.39 is 0 Å². The van der Waals surface area contributed by atoms with E-state index in [1.54, 1.807) is 0 Å². The second kappa shape index (κ2) is 11.1. The molecule has 0 spiro atoms. The molecule has 0 aromatic rings. The van der Waals surface area contributed by atoms with Crippen LogP contribution in [0.2, 0.25) is 0 Å². The number of unbranched alkanes of at least 4 members (excludes halogenated alkanes) is 2. The zero-order chi connectivity index (χ0) is 14.7. The van der Waals surface area contributed by atoms with E-state index in [1.165, 1.54) is 6.08 Å². The molecule has 0 heterocycles. The van der Waals surface area contributed by atoms with E-state index in [0.717, 1.165) is 38.5 Å². The van der Waals surface area contributed by atoms with Crippen LogP contribution < -0.4 is 5.11 Å². The van der Waals surface area contributed by atoms with Crippen LogP contribution in [0.3, 0.4) is 0 Å². The highest BCUT2D eigenvalue weighted by Gasteiger charge is 2.00. The molecular weight excluding hydrogens is 236 g/mol. The Morgan fingerprint density at radius 3 is 1.84 bits per heavy atom. The largest absolute Gasteiger partial charge is 0.875 e. The highest BCUT2D eigenvalue weighted by molar-refractivity contribution is 5.89.